The Morgan fingerprint density at radius 2 is 2.04 bits per heavy atom. The molecular formula is C19H24ClNO3S2. The molecule has 0 aliphatic heterocycles. The van der Waals surface area contributed by atoms with Crippen molar-refractivity contribution in [2.24, 2.45) is 0 Å². The molecule has 1 aromatic heterocycles. The van der Waals surface area contributed by atoms with Gasteiger partial charge < -0.3 is 4.74 Å². The zero-order valence-corrected chi connectivity index (χ0v) is 17.8. The monoisotopic (exact) mass is 413 g/mol. The third-order valence-corrected chi connectivity index (χ3v) is 6.52. The molecule has 142 valence electrons. The highest BCUT2D eigenvalue weighted by molar-refractivity contribution is 7.84. The Labute approximate surface area is 166 Å². The van der Waals surface area contributed by atoms with Gasteiger partial charge in [0, 0.05) is 4.88 Å². The number of carbonyl (C=O) groups excluding carboxylic acids is 1. The molecule has 0 bridgehead atoms. The Kier molecular flexibility index (Phi) is 7.41. The number of ether oxygens (including phenoxy) is 1. The van der Waals surface area contributed by atoms with Crippen LogP contribution < -0.4 is 4.72 Å². The summed E-state index contributed by atoms with van der Waals surface area (Å²) in [6.45, 7) is 7.77. The smallest absolute Gasteiger partial charge is 0.307 e. The number of thiophene rings is 1. The van der Waals surface area contributed by atoms with Crippen molar-refractivity contribution in [3.63, 3.8) is 0 Å². The molecule has 1 N–H and O–H groups in total. The van der Waals surface area contributed by atoms with Crippen LogP contribution in [0, 0.1) is 0 Å². The van der Waals surface area contributed by atoms with E-state index >= 15 is 0 Å². The molecule has 0 unspecified atom stereocenters. The molecule has 0 aliphatic carbocycles. The van der Waals surface area contributed by atoms with Crippen molar-refractivity contribution >= 4 is 39.9 Å². The second-order valence-electron chi connectivity index (χ2n) is 6.79. The minimum Gasteiger partial charge on any atom is -0.466 e. The van der Waals surface area contributed by atoms with E-state index in [0.717, 1.165) is 20.3 Å². The summed E-state index contributed by atoms with van der Waals surface area (Å²) in [5.74, 6) is -0.319. The van der Waals surface area contributed by atoms with Crippen LogP contribution in [0.4, 0.5) is 0 Å². The van der Waals surface area contributed by atoms with Gasteiger partial charge in [-0.2, -0.15) is 0 Å². The first-order valence-electron chi connectivity index (χ1n) is 8.40. The van der Waals surface area contributed by atoms with Gasteiger partial charge in [-0.3, -0.25) is 4.79 Å². The Hall–Kier alpha value is -1.21. The first-order valence-corrected chi connectivity index (χ1v) is 10.7. The van der Waals surface area contributed by atoms with E-state index in [0.29, 0.717) is 6.61 Å². The summed E-state index contributed by atoms with van der Waals surface area (Å²) in [5.41, 5.74) is 1.90. The lowest BCUT2D eigenvalue weighted by Gasteiger charge is -2.24. The second kappa shape index (κ2) is 9.13. The molecular weight excluding hydrogens is 390 g/mol. The second-order valence-corrected chi connectivity index (χ2v) is 10.5. The SMILES string of the molecule is CCOC(=O)C[C@H](N[S@](=O)C(C)(C)C)c1cccc(-c2ccc(Cl)s2)c1. The molecule has 2 aromatic rings. The highest BCUT2D eigenvalue weighted by atomic mass is 35.5. The molecule has 0 amide bonds. The molecule has 0 spiro atoms. The summed E-state index contributed by atoms with van der Waals surface area (Å²) >= 11 is 7.53. The van der Waals surface area contributed by atoms with Crippen molar-refractivity contribution in [2.45, 2.75) is 44.9 Å². The van der Waals surface area contributed by atoms with Gasteiger partial charge in [0.25, 0.3) is 0 Å². The standard InChI is InChI=1S/C19H24ClNO3S2/c1-5-24-18(22)12-15(21-26(23)19(2,3)4)13-7-6-8-14(11-13)16-9-10-17(20)25-16/h6-11,15,21H,5,12H2,1-4H3/t15-,26+/m0/s1. The van der Waals surface area contributed by atoms with Crippen molar-refractivity contribution in [3.8, 4) is 10.4 Å². The Balaban J connectivity index is 2.31. The molecule has 0 fully saturated rings. The van der Waals surface area contributed by atoms with Gasteiger partial charge in [-0.15, -0.1) is 11.3 Å². The van der Waals surface area contributed by atoms with Crippen LogP contribution in [0.15, 0.2) is 36.4 Å². The number of carbonyl (C=O) groups is 1. The highest BCUT2D eigenvalue weighted by Gasteiger charge is 2.26. The van der Waals surface area contributed by atoms with Gasteiger partial charge in [0.1, 0.15) is 0 Å². The Morgan fingerprint density at radius 1 is 1.31 bits per heavy atom. The lowest BCUT2D eigenvalue weighted by atomic mass is 10.0. The van der Waals surface area contributed by atoms with Crippen molar-refractivity contribution < 1.29 is 13.7 Å². The number of hydrogen-bond acceptors (Lipinski definition) is 4. The third-order valence-electron chi connectivity index (χ3n) is 3.63. The third kappa shape index (κ3) is 5.91. The zero-order chi connectivity index (χ0) is 19.3. The minimum atomic E-state index is -1.31. The van der Waals surface area contributed by atoms with Gasteiger partial charge in [-0.1, -0.05) is 29.8 Å². The van der Waals surface area contributed by atoms with Gasteiger partial charge in [0.05, 0.1) is 39.1 Å². The summed E-state index contributed by atoms with van der Waals surface area (Å²) in [7, 11) is -1.31. The van der Waals surface area contributed by atoms with E-state index in [-0.39, 0.29) is 12.4 Å². The fourth-order valence-electron chi connectivity index (χ4n) is 2.30. The Morgan fingerprint density at radius 3 is 2.62 bits per heavy atom. The summed E-state index contributed by atoms with van der Waals surface area (Å²) in [5, 5.41) is 0. The van der Waals surface area contributed by atoms with Crippen LogP contribution in [-0.2, 0) is 20.5 Å². The van der Waals surface area contributed by atoms with E-state index < -0.39 is 21.8 Å². The molecule has 7 heteroatoms. The van der Waals surface area contributed by atoms with Crippen molar-refractivity contribution in [2.75, 3.05) is 6.61 Å². The molecule has 1 aromatic carbocycles. The molecule has 0 aliphatic rings. The summed E-state index contributed by atoms with van der Waals surface area (Å²) in [6, 6.07) is 11.3. The predicted molar refractivity (Wildman–Crippen MR) is 110 cm³/mol. The van der Waals surface area contributed by atoms with Gasteiger partial charge in [0.2, 0.25) is 0 Å². The first kappa shape index (κ1) is 21.1. The molecule has 1 heterocycles. The molecule has 2 atom stereocenters. The van der Waals surface area contributed by atoms with E-state index in [2.05, 4.69) is 4.72 Å². The van der Waals surface area contributed by atoms with Gasteiger partial charge >= 0.3 is 5.97 Å². The van der Waals surface area contributed by atoms with Crippen LogP contribution in [0.5, 0.6) is 0 Å². The van der Waals surface area contributed by atoms with E-state index in [1.54, 1.807) is 6.92 Å². The molecule has 4 nitrogen and oxygen atoms in total. The van der Waals surface area contributed by atoms with Gasteiger partial charge in [0.15, 0.2) is 0 Å². The zero-order valence-electron chi connectivity index (χ0n) is 15.4. The Bertz CT molecular complexity index is 783. The minimum absolute atomic E-state index is 0.115. The quantitative estimate of drug-likeness (QED) is 0.641. The van der Waals surface area contributed by atoms with Crippen molar-refractivity contribution in [3.05, 3.63) is 46.3 Å². The first-order chi connectivity index (χ1) is 12.2. The number of rotatable bonds is 7. The molecule has 2 rings (SSSR count). The lowest BCUT2D eigenvalue weighted by Crippen LogP contribution is -2.36. The van der Waals surface area contributed by atoms with Crippen LogP contribution in [0.2, 0.25) is 4.34 Å². The van der Waals surface area contributed by atoms with E-state index in [1.807, 2.05) is 57.2 Å². The van der Waals surface area contributed by atoms with Crippen LogP contribution in [0.3, 0.4) is 0 Å². The van der Waals surface area contributed by atoms with Crippen LogP contribution in [0.1, 0.15) is 45.7 Å². The van der Waals surface area contributed by atoms with Crippen LogP contribution in [-0.4, -0.2) is 21.5 Å². The number of halogens is 1. The normalized spacial score (nSPS) is 14.0. The number of esters is 1. The number of hydrogen-bond donors (Lipinski definition) is 1. The van der Waals surface area contributed by atoms with Crippen molar-refractivity contribution in [1.82, 2.24) is 4.72 Å². The average molecular weight is 414 g/mol. The summed E-state index contributed by atoms with van der Waals surface area (Å²) in [4.78, 5) is 13.1. The maximum Gasteiger partial charge on any atom is 0.307 e. The number of benzene rings is 1. The van der Waals surface area contributed by atoms with Crippen molar-refractivity contribution in [1.29, 1.82) is 0 Å². The topological polar surface area (TPSA) is 55.4 Å². The maximum atomic E-state index is 12.6. The van der Waals surface area contributed by atoms with E-state index in [4.69, 9.17) is 16.3 Å². The number of nitrogens with one attached hydrogen (secondary N) is 1. The largest absolute Gasteiger partial charge is 0.466 e. The highest BCUT2D eigenvalue weighted by Crippen LogP contribution is 2.33. The van der Waals surface area contributed by atoms with E-state index in [1.165, 1.54) is 11.3 Å². The predicted octanol–water partition coefficient (Wildman–Crippen LogP) is 5.11. The van der Waals surface area contributed by atoms with Crippen LogP contribution >= 0.6 is 22.9 Å². The summed E-state index contributed by atoms with van der Waals surface area (Å²) in [6.07, 6.45) is 0.115. The fourth-order valence-corrected chi connectivity index (χ4v) is 4.17. The fraction of sp³-hybridized carbons (Fsp3) is 0.421. The van der Waals surface area contributed by atoms with Gasteiger partial charge in [-0.05, 0) is 57.0 Å². The van der Waals surface area contributed by atoms with E-state index in [9.17, 15) is 9.00 Å². The maximum absolute atomic E-state index is 12.6. The average Bonchev–Trinajstić information content (AvgIpc) is 3.00. The van der Waals surface area contributed by atoms with Crippen LogP contribution in [0.25, 0.3) is 10.4 Å². The summed E-state index contributed by atoms with van der Waals surface area (Å²) < 4.78 is 21.0. The molecule has 0 saturated carbocycles. The lowest BCUT2D eigenvalue weighted by molar-refractivity contribution is -0.143. The van der Waals surface area contributed by atoms with Gasteiger partial charge in [-0.25, -0.2) is 8.93 Å². The molecule has 26 heavy (non-hydrogen) atoms. The molecule has 0 radical (unpaired) electrons. The molecule has 0 saturated heterocycles.